The van der Waals surface area contributed by atoms with E-state index in [1.54, 1.807) is 19.2 Å². The summed E-state index contributed by atoms with van der Waals surface area (Å²) in [5, 5.41) is 9.07. The standard InChI is InChI=1S/C26H32O5/c1-15(2)21-13-22(20-9-7-16(3)11-17(20)4)18(5)31-26(21)23-12-19(29-6)8-10-24(23)30-14-25(27)28/h7-12,18,21-22,26H,1,13-14H2,2-6H3,(H,27,28)/t18-,21+,22-,26-/m0/s1. The van der Waals surface area contributed by atoms with Gasteiger partial charge in [-0.1, -0.05) is 35.9 Å². The molecule has 2 aromatic carbocycles. The molecular weight excluding hydrogens is 392 g/mol. The van der Waals surface area contributed by atoms with Gasteiger partial charge in [-0.15, -0.1) is 0 Å². The maximum Gasteiger partial charge on any atom is 0.341 e. The number of carbonyl (C=O) groups is 1. The van der Waals surface area contributed by atoms with Crippen LogP contribution in [0.4, 0.5) is 0 Å². The van der Waals surface area contributed by atoms with Crippen LogP contribution >= 0.6 is 0 Å². The zero-order valence-electron chi connectivity index (χ0n) is 19.0. The zero-order chi connectivity index (χ0) is 22.7. The molecular formula is C26H32O5. The molecule has 31 heavy (non-hydrogen) atoms. The van der Waals surface area contributed by atoms with Crippen LogP contribution in [0.15, 0.2) is 48.6 Å². The number of aryl methyl sites for hydroxylation is 2. The highest BCUT2D eigenvalue weighted by molar-refractivity contribution is 5.68. The number of benzene rings is 2. The molecule has 5 nitrogen and oxygen atoms in total. The van der Waals surface area contributed by atoms with Crippen molar-refractivity contribution in [1.29, 1.82) is 0 Å². The van der Waals surface area contributed by atoms with E-state index in [2.05, 4.69) is 45.5 Å². The van der Waals surface area contributed by atoms with Crippen LogP contribution in [0.25, 0.3) is 0 Å². The van der Waals surface area contributed by atoms with E-state index in [1.807, 2.05) is 13.0 Å². The predicted molar refractivity (Wildman–Crippen MR) is 121 cm³/mol. The summed E-state index contributed by atoms with van der Waals surface area (Å²) < 4.78 is 17.6. The van der Waals surface area contributed by atoms with Gasteiger partial charge in [0.05, 0.1) is 19.3 Å². The third-order valence-electron chi connectivity index (χ3n) is 6.13. The molecule has 166 valence electrons. The average molecular weight is 425 g/mol. The third kappa shape index (κ3) is 5.10. The summed E-state index contributed by atoms with van der Waals surface area (Å²) >= 11 is 0. The molecule has 0 aliphatic carbocycles. The Kier molecular flexibility index (Phi) is 7.06. The molecule has 4 atom stereocenters. The summed E-state index contributed by atoms with van der Waals surface area (Å²) in [6, 6.07) is 12.0. The van der Waals surface area contributed by atoms with E-state index in [0.29, 0.717) is 11.5 Å². The van der Waals surface area contributed by atoms with Gasteiger partial charge in [-0.25, -0.2) is 4.79 Å². The summed E-state index contributed by atoms with van der Waals surface area (Å²) in [6.45, 7) is 12.2. The van der Waals surface area contributed by atoms with Crippen molar-refractivity contribution < 1.29 is 24.1 Å². The topological polar surface area (TPSA) is 65.0 Å². The quantitative estimate of drug-likeness (QED) is 0.586. The highest BCUT2D eigenvalue weighted by Crippen LogP contribution is 2.49. The van der Waals surface area contributed by atoms with Gasteiger partial charge in [0.2, 0.25) is 0 Å². The van der Waals surface area contributed by atoms with Crippen LogP contribution in [0, 0.1) is 19.8 Å². The molecule has 1 heterocycles. The fourth-order valence-corrected chi connectivity index (χ4v) is 4.53. The van der Waals surface area contributed by atoms with Crippen LogP contribution in [0.2, 0.25) is 0 Å². The lowest BCUT2D eigenvalue weighted by atomic mass is 9.75. The van der Waals surface area contributed by atoms with Crippen LogP contribution in [-0.2, 0) is 9.53 Å². The average Bonchev–Trinajstić information content (AvgIpc) is 2.72. The smallest absolute Gasteiger partial charge is 0.341 e. The second-order valence-corrected chi connectivity index (χ2v) is 8.50. The van der Waals surface area contributed by atoms with E-state index in [-0.39, 0.29) is 24.0 Å². The number of carboxylic acids is 1. The largest absolute Gasteiger partial charge is 0.497 e. The second kappa shape index (κ2) is 9.56. The van der Waals surface area contributed by atoms with E-state index >= 15 is 0 Å². The summed E-state index contributed by atoms with van der Waals surface area (Å²) in [7, 11) is 1.60. The van der Waals surface area contributed by atoms with Gasteiger partial charge in [0.1, 0.15) is 11.5 Å². The Balaban J connectivity index is 1.98. The van der Waals surface area contributed by atoms with Crippen molar-refractivity contribution in [1.82, 2.24) is 0 Å². The zero-order valence-corrected chi connectivity index (χ0v) is 19.0. The number of ether oxygens (including phenoxy) is 3. The lowest BCUT2D eigenvalue weighted by Gasteiger charge is -2.42. The first-order valence-corrected chi connectivity index (χ1v) is 10.6. The number of methoxy groups -OCH3 is 1. The van der Waals surface area contributed by atoms with Crippen molar-refractivity contribution in [3.63, 3.8) is 0 Å². The molecule has 5 heteroatoms. The number of hydrogen-bond donors (Lipinski definition) is 1. The van der Waals surface area contributed by atoms with E-state index in [4.69, 9.17) is 19.3 Å². The van der Waals surface area contributed by atoms with E-state index < -0.39 is 12.6 Å². The van der Waals surface area contributed by atoms with Crippen molar-refractivity contribution >= 4 is 5.97 Å². The van der Waals surface area contributed by atoms with Gasteiger partial charge in [0.25, 0.3) is 0 Å². The molecule has 1 fully saturated rings. The molecule has 1 aliphatic rings. The van der Waals surface area contributed by atoms with Crippen molar-refractivity contribution in [3.05, 3.63) is 70.8 Å². The monoisotopic (exact) mass is 424 g/mol. The second-order valence-electron chi connectivity index (χ2n) is 8.50. The summed E-state index contributed by atoms with van der Waals surface area (Å²) in [5.74, 6) is 0.447. The Morgan fingerprint density at radius 1 is 1.19 bits per heavy atom. The molecule has 0 amide bonds. The van der Waals surface area contributed by atoms with E-state index in [0.717, 1.165) is 17.6 Å². The molecule has 0 radical (unpaired) electrons. The Labute approximate surface area is 184 Å². The number of hydrogen-bond acceptors (Lipinski definition) is 4. The Hall–Kier alpha value is -2.79. The fraction of sp³-hybridized carbons (Fsp3) is 0.423. The van der Waals surface area contributed by atoms with Crippen LogP contribution < -0.4 is 9.47 Å². The highest BCUT2D eigenvalue weighted by Gasteiger charge is 2.39. The maximum atomic E-state index is 11.1. The Morgan fingerprint density at radius 3 is 2.55 bits per heavy atom. The van der Waals surface area contributed by atoms with Gasteiger partial charge < -0.3 is 19.3 Å². The van der Waals surface area contributed by atoms with Crippen LogP contribution in [0.3, 0.4) is 0 Å². The molecule has 1 saturated heterocycles. The number of carboxylic acid groups (broad SMARTS) is 1. The molecule has 3 rings (SSSR count). The Morgan fingerprint density at radius 2 is 1.94 bits per heavy atom. The van der Waals surface area contributed by atoms with Crippen molar-refractivity contribution in [2.45, 2.75) is 52.2 Å². The lowest BCUT2D eigenvalue weighted by Crippen LogP contribution is -2.35. The number of aliphatic carboxylic acids is 1. The molecule has 1 aliphatic heterocycles. The highest BCUT2D eigenvalue weighted by atomic mass is 16.5. The SMILES string of the molecule is C=C(C)[C@H]1C[C@H](c2ccc(C)cc2C)[C@H](C)O[C@@H]1c1cc(OC)ccc1OCC(=O)O. The minimum atomic E-state index is -1.02. The molecule has 0 spiro atoms. The van der Waals surface area contributed by atoms with Crippen LogP contribution in [-0.4, -0.2) is 30.9 Å². The van der Waals surface area contributed by atoms with Crippen molar-refractivity contribution in [2.75, 3.05) is 13.7 Å². The van der Waals surface area contributed by atoms with Gasteiger partial charge in [0.15, 0.2) is 6.61 Å². The normalized spacial score (nSPS) is 23.3. The summed E-state index contributed by atoms with van der Waals surface area (Å²) in [4.78, 5) is 11.1. The van der Waals surface area contributed by atoms with E-state index in [9.17, 15) is 4.79 Å². The number of rotatable bonds is 7. The Bertz CT molecular complexity index is 964. The molecule has 0 aromatic heterocycles. The molecule has 2 aromatic rings. The fourth-order valence-electron chi connectivity index (χ4n) is 4.53. The third-order valence-corrected chi connectivity index (χ3v) is 6.13. The van der Waals surface area contributed by atoms with Crippen molar-refractivity contribution in [3.8, 4) is 11.5 Å². The predicted octanol–water partition coefficient (Wildman–Crippen LogP) is 5.60. The molecule has 1 N–H and O–H groups in total. The van der Waals surface area contributed by atoms with Crippen molar-refractivity contribution in [2.24, 2.45) is 5.92 Å². The minimum absolute atomic E-state index is 0.0273. The first-order chi connectivity index (χ1) is 14.7. The summed E-state index contributed by atoms with van der Waals surface area (Å²) in [6.07, 6.45) is 0.564. The lowest BCUT2D eigenvalue weighted by molar-refractivity contribution is -0.139. The van der Waals surface area contributed by atoms with Gasteiger partial charge in [-0.3, -0.25) is 0 Å². The first kappa shape index (κ1) is 22.9. The molecule has 0 unspecified atom stereocenters. The van der Waals surface area contributed by atoms with Crippen LogP contribution in [0.1, 0.15) is 54.5 Å². The van der Waals surface area contributed by atoms with Gasteiger partial charge in [0, 0.05) is 17.4 Å². The molecule has 0 saturated carbocycles. The summed E-state index contributed by atoms with van der Waals surface area (Å²) in [5.41, 5.74) is 5.64. The molecule has 0 bridgehead atoms. The first-order valence-electron chi connectivity index (χ1n) is 10.6. The van der Waals surface area contributed by atoms with E-state index in [1.165, 1.54) is 16.7 Å². The minimum Gasteiger partial charge on any atom is -0.497 e. The van der Waals surface area contributed by atoms with Gasteiger partial charge >= 0.3 is 5.97 Å². The van der Waals surface area contributed by atoms with Gasteiger partial charge in [-0.05, 0) is 63.4 Å². The van der Waals surface area contributed by atoms with Gasteiger partial charge in [-0.2, -0.15) is 0 Å². The maximum absolute atomic E-state index is 11.1. The van der Waals surface area contributed by atoms with Crippen LogP contribution in [0.5, 0.6) is 11.5 Å².